The first-order chi connectivity index (χ1) is 7.72. The molecule has 0 aliphatic rings. The molecule has 17 heavy (non-hydrogen) atoms. The summed E-state index contributed by atoms with van der Waals surface area (Å²) in [4.78, 5) is 25.1. The topological polar surface area (TPSA) is 68.1 Å². The van der Waals surface area contributed by atoms with Crippen LogP contribution in [0.5, 0.6) is 0 Å². The van der Waals surface area contributed by atoms with Gasteiger partial charge in [0.15, 0.2) is 0 Å². The number of carbonyl (C=O) groups excluding carboxylic acids is 2. The zero-order chi connectivity index (χ0) is 13.7. The molecule has 0 amide bonds. The summed E-state index contributed by atoms with van der Waals surface area (Å²) in [5, 5.41) is 0. The number of hydrogen-bond acceptors (Lipinski definition) is 5. The van der Waals surface area contributed by atoms with Crippen LogP contribution in [-0.2, 0) is 14.3 Å². The number of halogens is 4. The molecule has 5 nitrogen and oxygen atoms in total. The van der Waals surface area contributed by atoms with E-state index >= 15 is 0 Å². The number of aliphatic imine (C=N–C) groups is 2. The fourth-order valence-electron chi connectivity index (χ4n) is 0.832. The Labute approximate surface area is 93.2 Å². The molecule has 0 radical (unpaired) electrons. The Morgan fingerprint density at radius 3 is 1.41 bits per heavy atom. The number of nitrogens with zero attached hydrogens (tertiary/aromatic N) is 2. The van der Waals surface area contributed by atoms with E-state index in [1.54, 1.807) is 0 Å². The molecule has 0 N–H and O–H groups in total. The Kier molecular flexibility index (Phi) is 5.15. The van der Waals surface area contributed by atoms with Gasteiger partial charge in [-0.15, -0.1) is 0 Å². The number of rotatable bonds is 6. The third-order valence-electron chi connectivity index (χ3n) is 1.76. The molecular weight excluding hydrogens is 248 g/mol. The molecule has 2 unspecified atom stereocenters. The normalized spacial score (nSPS) is 17.9. The monoisotopic (exact) mass is 256 g/mol. The van der Waals surface area contributed by atoms with E-state index in [2.05, 4.69) is 14.7 Å². The van der Waals surface area contributed by atoms with Gasteiger partial charge >= 0.3 is 0 Å². The van der Waals surface area contributed by atoms with Crippen LogP contribution in [0.2, 0.25) is 0 Å². The van der Waals surface area contributed by atoms with E-state index in [-0.39, 0.29) is 0 Å². The van der Waals surface area contributed by atoms with Crippen LogP contribution >= 0.6 is 0 Å². The lowest BCUT2D eigenvalue weighted by molar-refractivity contribution is -0.229. The largest absolute Gasteiger partial charge is 0.313 e. The van der Waals surface area contributed by atoms with Crippen molar-refractivity contribution in [3.8, 4) is 0 Å². The summed E-state index contributed by atoms with van der Waals surface area (Å²) in [6, 6.07) is 0. The molecule has 0 aromatic carbocycles. The van der Waals surface area contributed by atoms with Crippen LogP contribution in [0.1, 0.15) is 13.8 Å². The summed E-state index contributed by atoms with van der Waals surface area (Å²) in [7, 11) is 0. The SMILES string of the molecule is CC(N=C=O)(OC(C)(N=C=O)C(F)F)C(F)F. The van der Waals surface area contributed by atoms with E-state index in [0.717, 1.165) is 12.2 Å². The van der Waals surface area contributed by atoms with Gasteiger partial charge in [0.1, 0.15) is 0 Å². The van der Waals surface area contributed by atoms with E-state index in [1.807, 2.05) is 0 Å². The van der Waals surface area contributed by atoms with Crippen LogP contribution in [0.3, 0.4) is 0 Å². The van der Waals surface area contributed by atoms with Crippen LogP contribution in [-0.4, -0.2) is 36.5 Å². The van der Waals surface area contributed by atoms with Crippen LogP contribution in [0.4, 0.5) is 17.6 Å². The highest BCUT2D eigenvalue weighted by molar-refractivity contribution is 5.35. The number of alkyl halides is 4. The van der Waals surface area contributed by atoms with Crippen molar-refractivity contribution in [1.82, 2.24) is 0 Å². The minimum absolute atomic E-state index is 0.587. The highest BCUT2D eigenvalue weighted by Gasteiger charge is 2.48. The van der Waals surface area contributed by atoms with Gasteiger partial charge in [0.05, 0.1) is 0 Å². The zero-order valence-corrected chi connectivity index (χ0v) is 8.79. The summed E-state index contributed by atoms with van der Waals surface area (Å²) < 4.78 is 54.4. The maximum Gasteiger partial charge on any atom is 0.287 e. The van der Waals surface area contributed by atoms with Crippen LogP contribution in [0.15, 0.2) is 9.98 Å². The first-order valence-electron chi connectivity index (χ1n) is 4.16. The molecule has 0 aliphatic carbocycles. The van der Waals surface area contributed by atoms with Gasteiger partial charge in [-0.2, -0.15) is 9.98 Å². The number of hydrogen-bond donors (Lipinski definition) is 0. The maximum atomic E-state index is 12.5. The smallest absolute Gasteiger partial charge is 0.287 e. The van der Waals surface area contributed by atoms with E-state index in [9.17, 15) is 27.2 Å². The standard InChI is InChI=1S/C8H8F4N2O3/c1-7(5(9)10,13-3-15)17-8(2,6(11)12)14-4-16/h5-6H,1-2H3. The van der Waals surface area contributed by atoms with Crippen LogP contribution in [0.25, 0.3) is 0 Å². The fourth-order valence-corrected chi connectivity index (χ4v) is 0.832. The van der Waals surface area contributed by atoms with Gasteiger partial charge in [-0.05, 0) is 13.8 Å². The molecule has 0 saturated heterocycles. The molecule has 0 saturated carbocycles. The average molecular weight is 256 g/mol. The molecule has 0 fully saturated rings. The Morgan fingerprint density at radius 2 is 1.24 bits per heavy atom. The lowest BCUT2D eigenvalue weighted by Crippen LogP contribution is -2.47. The van der Waals surface area contributed by atoms with Gasteiger partial charge in [0.2, 0.25) is 23.6 Å². The van der Waals surface area contributed by atoms with Crippen molar-refractivity contribution in [1.29, 1.82) is 0 Å². The van der Waals surface area contributed by atoms with Crippen molar-refractivity contribution in [3.05, 3.63) is 0 Å². The quantitative estimate of drug-likeness (QED) is 0.412. The highest BCUT2D eigenvalue weighted by Crippen LogP contribution is 2.32. The molecule has 0 aromatic rings. The lowest BCUT2D eigenvalue weighted by atomic mass is 10.2. The third-order valence-corrected chi connectivity index (χ3v) is 1.76. The second kappa shape index (κ2) is 5.67. The summed E-state index contributed by atoms with van der Waals surface area (Å²) in [5.41, 5.74) is -5.74. The molecule has 0 rings (SSSR count). The van der Waals surface area contributed by atoms with Crippen LogP contribution < -0.4 is 0 Å². The van der Waals surface area contributed by atoms with Crippen LogP contribution in [0, 0.1) is 0 Å². The summed E-state index contributed by atoms with van der Waals surface area (Å²) >= 11 is 0. The average Bonchev–Trinajstić information content (AvgIpc) is 2.17. The molecule has 0 spiro atoms. The molecule has 0 heterocycles. The number of ether oxygens (including phenoxy) is 1. The molecule has 0 aliphatic heterocycles. The first kappa shape index (κ1) is 15.4. The third kappa shape index (κ3) is 3.74. The molecule has 96 valence electrons. The molecule has 2 atom stereocenters. The van der Waals surface area contributed by atoms with Crippen molar-refractivity contribution in [3.63, 3.8) is 0 Å². The molecule has 0 bridgehead atoms. The van der Waals surface area contributed by atoms with E-state index < -0.39 is 24.3 Å². The Hall–Kier alpha value is -1.56. The van der Waals surface area contributed by atoms with Gasteiger partial charge < -0.3 is 4.74 Å². The summed E-state index contributed by atoms with van der Waals surface area (Å²) in [6.07, 6.45) is -5.21. The molecule has 0 aromatic heterocycles. The van der Waals surface area contributed by atoms with Crippen molar-refractivity contribution in [2.75, 3.05) is 0 Å². The first-order valence-corrected chi connectivity index (χ1v) is 4.16. The predicted molar refractivity (Wildman–Crippen MR) is 46.1 cm³/mol. The zero-order valence-electron chi connectivity index (χ0n) is 8.79. The van der Waals surface area contributed by atoms with E-state index in [1.165, 1.54) is 0 Å². The van der Waals surface area contributed by atoms with E-state index in [0.29, 0.717) is 13.8 Å². The Morgan fingerprint density at radius 1 is 0.941 bits per heavy atom. The molecular formula is C8H8F4N2O3. The van der Waals surface area contributed by atoms with Crippen molar-refractivity contribution < 1.29 is 31.9 Å². The summed E-state index contributed by atoms with van der Waals surface area (Å²) in [6.45, 7) is 1.17. The highest BCUT2D eigenvalue weighted by atomic mass is 19.3. The van der Waals surface area contributed by atoms with Gasteiger partial charge in [-0.3, -0.25) is 0 Å². The molecule has 9 heteroatoms. The maximum absolute atomic E-state index is 12.5. The Balaban J connectivity index is 5.35. The van der Waals surface area contributed by atoms with Crippen molar-refractivity contribution >= 4 is 12.2 Å². The second-order valence-corrected chi connectivity index (χ2v) is 3.22. The second-order valence-electron chi connectivity index (χ2n) is 3.22. The van der Waals surface area contributed by atoms with Gasteiger partial charge in [-0.1, -0.05) is 0 Å². The van der Waals surface area contributed by atoms with E-state index in [4.69, 9.17) is 0 Å². The predicted octanol–water partition coefficient (Wildman–Crippen LogP) is 1.64. The minimum Gasteiger partial charge on any atom is -0.313 e. The number of isocyanates is 2. The Bertz CT molecular complexity index is 332. The van der Waals surface area contributed by atoms with Gasteiger partial charge in [0.25, 0.3) is 12.9 Å². The van der Waals surface area contributed by atoms with Gasteiger partial charge in [-0.25, -0.2) is 27.2 Å². The minimum atomic E-state index is -3.39. The lowest BCUT2D eigenvalue weighted by Gasteiger charge is -2.32. The summed E-state index contributed by atoms with van der Waals surface area (Å²) in [5.74, 6) is 0. The van der Waals surface area contributed by atoms with Crippen molar-refractivity contribution in [2.45, 2.75) is 38.1 Å². The van der Waals surface area contributed by atoms with Gasteiger partial charge in [0, 0.05) is 0 Å². The van der Waals surface area contributed by atoms with Crippen molar-refractivity contribution in [2.24, 2.45) is 9.98 Å². The fraction of sp³-hybridized carbons (Fsp3) is 0.750.